The number of hydrogen-bond acceptors (Lipinski definition) is 5. The standard InChI is InChI=1S/C25H16N2O6/c28-22-20-19-15-8-1-3-10-17(15)25(27(32)33,18-11-4-2-9-16(18)19)21(20)23(29)26(22)14-7-5-6-13(12-14)24(30)31/h1-12,19-21H,(H,30,31)/t19?,20-,21-,25?/m0/s1. The SMILES string of the molecule is O=C(O)c1cccc(N2C(=O)[C@@H]3[C@@H](C2=O)C2c4ccccc4C3([N+](=O)[O-])c3ccccc32)c1. The van der Waals surface area contributed by atoms with Gasteiger partial charge in [0.25, 0.3) is 5.54 Å². The van der Waals surface area contributed by atoms with Gasteiger partial charge in [0.05, 0.1) is 17.2 Å². The maximum Gasteiger partial charge on any atom is 0.335 e. The quantitative estimate of drug-likeness (QED) is 0.380. The molecule has 1 heterocycles. The normalized spacial score (nSPS) is 26.5. The van der Waals surface area contributed by atoms with E-state index in [4.69, 9.17) is 0 Å². The number of carboxylic acids is 1. The van der Waals surface area contributed by atoms with E-state index < -0.39 is 46.0 Å². The second kappa shape index (κ2) is 6.35. The Bertz CT molecular complexity index is 1370. The first kappa shape index (κ1) is 19.4. The van der Waals surface area contributed by atoms with Crippen LogP contribution in [0.25, 0.3) is 0 Å². The van der Waals surface area contributed by atoms with Crippen LogP contribution in [0.4, 0.5) is 5.69 Å². The van der Waals surface area contributed by atoms with Crippen LogP contribution in [0, 0.1) is 22.0 Å². The Morgan fingerprint density at radius 3 is 2.09 bits per heavy atom. The fraction of sp³-hybridized carbons (Fsp3) is 0.160. The molecule has 2 amide bonds. The van der Waals surface area contributed by atoms with Crippen LogP contribution in [0.2, 0.25) is 0 Å². The van der Waals surface area contributed by atoms with E-state index in [9.17, 15) is 29.6 Å². The maximum absolute atomic E-state index is 13.8. The first-order valence-electron chi connectivity index (χ1n) is 10.4. The molecule has 2 bridgehead atoms. The van der Waals surface area contributed by atoms with Crippen molar-refractivity contribution in [2.24, 2.45) is 11.8 Å². The summed E-state index contributed by atoms with van der Waals surface area (Å²) in [6.07, 6.45) is 0. The fourth-order valence-corrected chi connectivity index (χ4v) is 6.07. The first-order chi connectivity index (χ1) is 15.9. The van der Waals surface area contributed by atoms with E-state index in [-0.39, 0.29) is 11.3 Å². The molecule has 33 heavy (non-hydrogen) atoms. The molecule has 2 atom stereocenters. The summed E-state index contributed by atoms with van der Waals surface area (Å²) in [7, 11) is 0. The van der Waals surface area contributed by atoms with Gasteiger partial charge in [0.15, 0.2) is 0 Å². The maximum atomic E-state index is 13.8. The van der Waals surface area contributed by atoms with Crippen molar-refractivity contribution in [2.45, 2.75) is 11.5 Å². The van der Waals surface area contributed by atoms with Gasteiger partial charge in [-0.2, -0.15) is 0 Å². The van der Waals surface area contributed by atoms with Crippen molar-refractivity contribution >= 4 is 23.5 Å². The zero-order chi connectivity index (χ0) is 23.1. The summed E-state index contributed by atoms with van der Waals surface area (Å²) >= 11 is 0. The summed E-state index contributed by atoms with van der Waals surface area (Å²) in [5.41, 5.74) is 0.336. The molecule has 4 aliphatic rings. The number of imide groups is 1. The molecule has 1 aliphatic heterocycles. The van der Waals surface area contributed by atoms with Crippen molar-refractivity contribution in [3.63, 3.8) is 0 Å². The van der Waals surface area contributed by atoms with Crippen LogP contribution in [-0.4, -0.2) is 27.8 Å². The van der Waals surface area contributed by atoms with Gasteiger partial charge in [-0.05, 0) is 29.3 Å². The molecule has 0 saturated carbocycles. The minimum absolute atomic E-state index is 0.0819. The van der Waals surface area contributed by atoms with E-state index in [1.807, 2.05) is 0 Å². The van der Waals surface area contributed by atoms with Crippen LogP contribution < -0.4 is 4.90 Å². The van der Waals surface area contributed by atoms with E-state index in [2.05, 4.69) is 0 Å². The van der Waals surface area contributed by atoms with Crippen LogP contribution in [-0.2, 0) is 15.1 Å². The van der Waals surface area contributed by atoms with Crippen LogP contribution in [0.1, 0.15) is 38.5 Å². The second-order valence-electron chi connectivity index (χ2n) is 8.55. The number of carboxylic acid groups (broad SMARTS) is 1. The van der Waals surface area contributed by atoms with E-state index in [1.165, 1.54) is 24.3 Å². The van der Waals surface area contributed by atoms with Crippen molar-refractivity contribution in [1.29, 1.82) is 0 Å². The summed E-state index contributed by atoms with van der Waals surface area (Å²) in [5.74, 6) is -5.13. The number of carbonyl (C=O) groups excluding carboxylic acids is 2. The molecular weight excluding hydrogens is 424 g/mol. The smallest absolute Gasteiger partial charge is 0.335 e. The minimum Gasteiger partial charge on any atom is -0.478 e. The Morgan fingerprint density at radius 2 is 1.52 bits per heavy atom. The highest BCUT2D eigenvalue weighted by Gasteiger charge is 2.74. The number of amides is 2. The molecule has 0 radical (unpaired) electrons. The van der Waals surface area contributed by atoms with Crippen molar-refractivity contribution in [1.82, 2.24) is 0 Å². The third-order valence-electron chi connectivity index (χ3n) is 7.21. The fourth-order valence-electron chi connectivity index (χ4n) is 6.07. The lowest BCUT2D eigenvalue weighted by atomic mass is 9.51. The number of aromatic carboxylic acids is 1. The van der Waals surface area contributed by atoms with Crippen molar-refractivity contribution in [2.75, 3.05) is 4.90 Å². The van der Waals surface area contributed by atoms with Crippen molar-refractivity contribution in [3.8, 4) is 0 Å². The lowest BCUT2D eigenvalue weighted by Crippen LogP contribution is -2.57. The monoisotopic (exact) mass is 440 g/mol. The van der Waals surface area contributed by atoms with E-state index in [0.29, 0.717) is 22.3 Å². The Kier molecular flexibility index (Phi) is 3.73. The second-order valence-corrected chi connectivity index (χ2v) is 8.55. The van der Waals surface area contributed by atoms with Crippen molar-refractivity contribution in [3.05, 3.63) is 111 Å². The molecule has 0 unspecified atom stereocenters. The highest BCUT2D eigenvalue weighted by Crippen LogP contribution is 2.64. The largest absolute Gasteiger partial charge is 0.478 e. The van der Waals surface area contributed by atoms with Gasteiger partial charge in [0, 0.05) is 22.0 Å². The zero-order valence-corrected chi connectivity index (χ0v) is 17.0. The van der Waals surface area contributed by atoms with Crippen molar-refractivity contribution < 1.29 is 24.4 Å². The molecule has 1 N–H and O–H groups in total. The predicted molar refractivity (Wildman–Crippen MR) is 115 cm³/mol. The summed E-state index contributed by atoms with van der Waals surface area (Å²) in [6, 6.07) is 19.4. The molecule has 7 rings (SSSR count). The molecule has 3 aromatic rings. The number of anilines is 1. The van der Waals surface area contributed by atoms with E-state index in [0.717, 1.165) is 4.90 Å². The van der Waals surface area contributed by atoms with Gasteiger partial charge in [-0.25, -0.2) is 9.69 Å². The molecule has 1 saturated heterocycles. The number of carbonyl (C=O) groups is 3. The predicted octanol–water partition coefficient (Wildman–Crippen LogP) is 3.17. The average molecular weight is 440 g/mol. The van der Waals surface area contributed by atoms with Gasteiger partial charge in [-0.1, -0.05) is 54.6 Å². The van der Waals surface area contributed by atoms with E-state index >= 15 is 0 Å². The van der Waals surface area contributed by atoms with Gasteiger partial charge < -0.3 is 5.11 Å². The van der Waals surface area contributed by atoms with Gasteiger partial charge in [-0.3, -0.25) is 19.7 Å². The molecular formula is C25H16N2O6. The molecule has 3 aromatic carbocycles. The third kappa shape index (κ3) is 2.17. The van der Waals surface area contributed by atoms with Gasteiger partial charge >= 0.3 is 5.97 Å². The Morgan fingerprint density at radius 1 is 0.909 bits per heavy atom. The van der Waals surface area contributed by atoms with Crippen LogP contribution in [0.3, 0.4) is 0 Å². The van der Waals surface area contributed by atoms with Gasteiger partial charge in [-0.15, -0.1) is 0 Å². The summed E-state index contributed by atoms with van der Waals surface area (Å²) in [5, 5.41) is 22.2. The minimum atomic E-state index is -1.90. The summed E-state index contributed by atoms with van der Waals surface area (Å²) in [6.45, 7) is 0. The number of benzene rings is 3. The molecule has 8 heteroatoms. The Balaban J connectivity index is 1.64. The van der Waals surface area contributed by atoms with Crippen LogP contribution in [0.15, 0.2) is 72.8 Å². The molecule has 8 nitrogen and oxygen atoms in total. The Hall–Kier alpha value is -4.33. The average Bonchev–Trinajstić information content (AvgIpc) is 3.09. The molecule has 3 aliphatic carbocycles. The van der Waals surface area contributed by atoms with Gasteiger partial charge in [0.1, 0.15) is 5.92 Å². The molecule has 162 valence electrons. The van der Waals surface area contributed by atoms with E-state index in [1.54, 1.807) is 48.5 Å². The molecule has 0 spiro atoms. The number of nitrogens with zero attached hydrogens (tertiary/aromatic N) is 2. The number of hydrogen-bond donors (Lipinski definition) is 1. The zero-order valence-electron chi connectivity index (χ0n) is 17.0. The van der Waals surface area contributed by atoms with Crippen LogP contribution >= 0.6 is 0 Å². The summed E-state index contributed by atoms with van der Waals surface area (Å²) in [4.78, 5) is 52.4. The third-order valence-corrected chi connectivity index (χ3v) is 7.21. The molecule has 0 aromatic heterocycles. The highest BCUT2D eigenvalue weighted by molar-refractivity contribution is 6.23. The Labute approximate surface area is 187 Å². The topological polar surface area (TPSA) is 118 Å². The number of nitro groups is 1. The first-order valence-corrected chi connectivity index (χ1v) is 10.4. The number of rotatable bonds is 3. The molecule has 1 fully saturated rings. The van der Waals surface area contributed by atoms with Crippen LogP contribution in [0.5, 0.6) is 0 Å². The highest BCUT2D eigenvalue weighted by atomic mass is 16.6. The van der Waals surface area contributed by atoms with Gasteiger partial charge in [0.2, 0.25) is 11.8 Å². The lowest BCUT2D eigenvalue weighted by molar-refractivity contribution is -0.578. The lowest BCUT2D eigenvalue weighted by Gasteiger charge is -2.48. The summed E-state index contributed by atoms with van der Waals surface area (Å²) < 4.78 is 0.